The first-order valence-corrected chi connectivity index (χ1v) is 6.56. The largest absolute Gasteiger partial charge is 0.503 e. The van der Waals surface area contributed by atoms with Crippen molar-refractivity contribution in [1.29, 1.82) is 0 Å². The number of halogens is 3. The number of nitrogens with one attached hydrogen (secondary N) is 1. The van der Waals surface area contributed by atoms with Crippen LogP contribution in [0, 0.1) is 0 Å². The minimum absolute atomic E-state index is 0.0147. The number of pyridine rings is 1. The predicted molar refractivity (Wildman–Crippen MR) is 78.4 cm³/mol. The van der Waals surface area contributed by atoms with E-state index in [4.69, 9.17) is 4.74 Å². The smallest absolute Gasteiger partial charge is 0.420 e. The zero-order chi connectivity index (χ0) is 17.9. The van der Waals surface area contributed by atoms with Gasteiger partial charge in [0.05, 0.1) is 19.8 Å². The Labute approximate surface area is 134 Å². The Hall–Kier alpha value is -2.97. The van der Waals surface area contributed by atoms with Crippen LogP contribution in [0.15, 0.2) is 30.5 Å². The van der Waals surface area contributed by atoms with Gasteiger partial charge in [0.1, 0.15) is 5.75 Å². The Balaban J connectivity index is 2.33. The van der Waals surface area contributed by atoms with Crippen LogP contribution >= 0.6 is 0 Å². The fourth-order valence-corrected chi connectivity index (χ4v) is 1.96. The van der Waals surface area contributed by atoms with Gasteiger partial charge in [0.15, 0.2) is 17.2 Å². The summed E-state index contributed by atoms with van der Waals surface area (Å²) in [5.41, 5.74) is -1.54. The second kappa shape index (κ2) is 6.65. The molecule has 0 saturated heterocycles. The summed E-state index contributed by atoms with van der Waals surface area (Å²) in [7, 11) is 2.40. The number of ether oxygens (including phenoxy) is 2. The van der Waals surface area contributed by atoms with Crippen LogP contribution in [0.5, 0.6) is 17.2 Å². The molecule has 2 N–H and O–H groups in total. The molecule has 0 fully saturated rings. The first-order valence-electron chi connectivity index (χ1n) is 6.56. The third-order valence-corrected chi connectivity index (χ3v) is 3.08. The fraction of sp³-hybridized carbons (Fsp3) is 0.200. The Morgan fingerprint density at radius 1 is 1.17 bits per heavy atom. The molecule has 1 amide bonds. The number of benzene rings is 1. The molecule has 0 saturated carbocycles. The van der Waals surface area contributed by atoms with E-state index >= 15 is 0 Å². The second-order valence-electron chi connectivity index (χ2n) is 4.58. The first kappa shape index (κ1) is 17.4. The highest BCUT2D eigenvalue weighted by atomic mass is 19.4. The van der Waals surface area contributed by atoms with Gasteiger partial charge in [0.25, 0.3) is 5.91 Å². The molecule has 0 aliphatic heterocycles. The van der Waals surface area contributed by atoms with E-state index in [1.165, 1.54) is 25.4 Å². The number of carbonyl (C=O) groups excluding carboxylic acids is 1. The summed E-state index contributed by atoms with van der Waals surface area (Å²) in [5.74, 6) is -1.75. The summed E-state index contributed by atoms with van der Waals surface area (Å²) in [6.07, 6.45) is -3.43. The Kier molecular flexibility index (Phi) is 4.82. The van der Waals surface area contributed by atoms with Gasteiger partial charge in [-0.3, -0.25) is 4.79 Å². The Morgan fingerprint density at radius 3 is 2.42 bits per heavy atom. The molecule has 128 valence electrons. The molecule has 0 spiro atoms. The van der Waals surface area contributed by atoms with E-state index in [9.17, 15) is 23.1 Å². The maximum Gasteiger partial charge on any atom is 0.420 e. The number of carbonyl (C=O) groups is 1. The first-order chi connectivity index (χ1) is 11.3. The standard InChI is InChI=1S/C15H13F3N2O4/c1-23-10-4-3-8(7-9(10)15(16,17)18)20-14(22)12-13(21)11(24-2)5-6-19-12/h3-7,21H,1-2H3,(H,20,22). The average Bonchev–Trinajstić information content (AvgIpc) is 2.54. The van der Waals surface area contributed by atoms with Crippen molar-refractivity contribution in [3.8, 4) is 17.2 Å². The maximum atomic E-state index is 13.0. The molecule has 0 aliphatic rings. The topological polar surface area (TPSA) is 80.7 Å². The lowest BCUT2D eigenvalue weighted by Crippen LogP contribution is -2.15. The molecule has 0 atom stereocenters. The lowest BCUT2D eigenvalue weighted by Gasteiger charge is -2.14. The van der Waals surface area contributed by atoms with E-state index < -0.39 is 23.4 Å². The van der Waals surface area contributed by atoms with Gasteiger partial charge >= 0.3 is 6.18 Å². The third kappa shape index (κ3) is 3.50. The van der Waals surface area contributed by atoms with Crippen molar-refractivity contribution in [2.24, 2.45) is 0 Å². The van der Waals surface area contributed by atoms with Gasteiger partial charge in [-0.05, 0) is 18.2 Å². The molecule has 1 aromatic carbocycles. The molecular formula is C15H13F3N2O4. The van der Waals surface area contributed by atoms with Crippen LogP contribution in [0.4, 0.5) is 18.9 Å². The molecule has 24 heavy (non-hydrogen) atoms. The van der Waals surface area contributed by atoms with Crippen molar-refractivity contribution in [3.05, 3.63) is 41.7 Å². The van der Waals surface area contributed by atoms with Gasteiger partial charge in [-0.15, -0.1) is 0 Å². The molecule has 1 heterocycles. The molecule has 9 heteroatoms. The number of aromatic nitrogens is 1. The molecule has 0 unspecified atom stereocenters. The number of alkyl halides is 3. The molecule has 0 radical (unpaired) electrons. The molecular weight excluding hydrogens is 329 g/mol. The number of aromatic hydroxyl groups is 1. The highest BCUT2D eigenvalue weighted by Gasteiger charge is 2.34. The summed E-state index contributed by atoms with van der Waals surface area (Å²) in [6.45, 7) is 0. The van der Waals surface area contributed by atoms with Crippen LogP contribution in [-0.2, 0) is 6.18 Å². The van der Waals surface area contributed by atoms with Crippen molar-refractivity contribution in [3.63, 3.8) is 0 Å². The third-order valence-electron chi connectivity index (χ3n) is 3.08. The van der Waals surface area contributed by atoms with Crippen molar-refractivity contribution in [2.45, 2.75) is 6.18 Å². The maximum absolute atomic E-state index is 13.0. The van der Waals surface area contributed by atoms with Crippen molar-refractivity contribution < 1.29 is 32.5 Å². The average molecular weight is 342 g/mol. The highest BCUT2D eigenvalue weighted by molar-refractivity contribution is 6.05. The number of hydrogen-bond donors (Lipinski definition) is 2. The SMILES string of the molecule is COc1ccc(NC(=O)c2nccc(OC)c2O)cc1C(F)(F)F. The number of anilines is 1. The van der Waals surface area contributed by atoms with E-state index in [2.05, 4.69) is 15.0 Å². The van der Waals surface area contributed by atoms with E-state index in [0.717, 1.165) is 19.2 Å². The summed E-state index contributed by atoms with van der Waals surface area (Å²) < 4.78 is 48.4. The lowest BCUT2D eigenvalue weighted by molar-refractivity contribution is -0.138. The number of methoxy groups -OCH3 is 2. The second-order valence-corrected chi connectivity index (χ2v) is 4.58. The summed E-state index contributed by atoms with van der Waals surface area (Å²) in [5, 5.41) is 12.1. The minimum Gasteiger partial charge on any atom is -0.503 e. The molecule has 6 nitrogen and oxygen atoms in total. The lowest BCUT2D eigenvalue weighted by atomic mass is 10.1. The fourth-order valence-electron chi connectivity index (χ4n) is 1.96. The zero-order valence-corrected chi connectivity index (χ0v) is 12.6. The summed E-state index contributed by atoms with van der Waals surface area (Å²) in [6, 6.07) is 4.38. The molecule has 2 aromatic rings. The quantitative estimate of drug-likeness (QED) is 0.892. The van der Waals surface area contributed by atoms with Crippen molar-refractivity contribution in [2.75, 3.05) is 19.5 Å². The molecule has 0 bridgehead atoms. The van der Waals surface area contributed by atoms with Gasteiger partial charge in [-0.1, -0.05) is 0 Å². The van der Waals surface area contributed by atoms with Crippen LogP contribution in [0.2, 0.25) is 0 Å². The number of hydrogen-bond acceptors (Lipinski definition) is 5. The van der Waals surface area contributed by atoms with Crippen LogP contribution < -0.4 is 14.8 Å². The number of nitrogens with zero attached hydrogens (tertiary/aromatic N) is 1. The molecule has 0 aliphatic carbocycles. The van der Waals surface area contributed by atoms with E-state index in [-0.39, 0.29) is 22.9 Å². The minimum atomic E-state index is -4.65. The monoisotopic (exact) mass is 342 g/mol. The molecule has 1 aromatic heterocycles. The van der Waals surface area contributed by atoms with E-state index in [1.54, 1.807) is 0 Å². The zero-order valence-electron chi connectivity index (χ0n) is 12.6. The highest BCUT2D eigenvalue weighted by Crippen LogP contribution is 2.38. The van der Waals surface area contributed by atoms with Gasteiger partial charge in [-0.2, -0.15) is 13.2 Å². The number of amides is 1. The van der Waals surface area contributed by atoms with Gasteiger partial charge < -0.3 is 19.9 Å². The van der Waals surface area contributed by atoms with Gasteiger partial charge in [-0.25, -0.2) is 4.98 Å². The molecule has 2 rings (SSSR count). The Bertz CT molecular complexity index is 763. The number of rotatable bonds is 4. The van der Waals surface area contributed by atoms with Crippen molar-refractivity contribution in [1.82, 2.24) is 4.98 Å². The van der Waals surface area contributed by atoms with Gasteiger partial charge in [0.2, 0.25) is 0 Å². The Morgan fingerprint density at radius 2 is 1.83 bits per heavy atom. The summed E-state index contributed by atoms with van der Waals surface area (Å²) >= 11 is 0. The normalized spacial score (nSPS) is 11.0. The predicted octanol–water partition coefficient (Wildman–Crippen LogP) is 3.08. The van der Waals surface area contributed by atoms with Crippen LogP contribution in [0.3, 0.4) is 0 Å². The van der Waals surface area contributed by atoms with Gasteiger partial charge in [0, 0.05) is 18.0 Å². The van der Waals surface area contributed by atoms with E-state index in [1.807, 2.05) is 0 Å². The van der Waals surface area contributed by atoms with E-state index in [0.29, 0.717) is 0 Å². The summed E-state index contributed by atoms with van der Waals surface area (Å²) in [4.78, 5) is 15.8. The van der Waals surface area contributed by atoms with Crippen molar-refractivity contribution >= 4 is 11.6 Å². The van der Waals surface area contributed by atoms with Crippen LogP contribution in [0.1, 0.15) is 16.1 Å². The van der Waals surface area contributed by atoms with Crippen LogP contribution in [-0.4, -0.2) is 30.2 Å². The van der Waals surface area contributed by atoms with Crippen LogP contribution in [0.25, 0.3) is 0 Å².